The number of halogens is 2. The molecule has 0 unspecified atom stereocenters. The minimum absolute atomic E-state index is 0.0157. The number of nitrogens with zero attached hydrogens (tertiary/aromatic N) is 2. The summed E-state index contributed by atoms with van der Waals surface area (Å²) < 4.78 is 32.6. The number of rotatable bonds is 5. The first kappa shape index (κ1) is 22.7. The van der Waals surface area contributed by atoms with Crippen molar-refractivity contribution in [2.75, 3.05) is 13.1 Å². The third kappa shape index (κ3) is 4.51. The fourth-order valence-electron chi connectivity index (χ4n) is 4.44. The molecule has 6 nitrogen and oxygen atoms in total. The van der Waals surface area contributed by atoms with Crippen molar-refractivity contribution in [1.82, 2.24) is 9.80 Å². The molecule has 0 N–H and O–H groups in total. The van der Waals surface area contributed by atoms with Gasteiger partial charge in [-0.2, -0.15) is 0 Å². The summed E-state index contributed by atoms with van der Waals surface area (Å²) in [5.41, 5.74) is 1.68. The Bertz CT molecular complexity index is 1300. The molecule has 5 rings (SSSR count). The van der Waals surface area contributed by atoms with E-state index in [1.165, 1.54) is 23.1 Å². The topological polar surface area (TPSA) is 66.9 Å². The Hall–Kier alpha value is -4.07. The molecule has 2 aliphatic rings. The highest BCUT2D eigenvalue weighted by Crippen LogP contribution is 2.27. The SMILES string of the molecule is O=C(c1ccc2c(c1)C(=O)N(Cc1ccccc1)C2=O)N1CCC(Oc2ccc(F)cc2F)CC1. The minimum atomic E-state index is -0.762. The number of ether oxygens (including phenoxy) is 1. The quantitative estimate of drug-likeness (QED) is 0.511. The van der Waals surface area contributed by atoms with E-state index in [1.807, 2.05) is 30.3 Å². The number of likely N-dealkylation sites (tertiary alicyclic amines) is 1. The summed E-state index contributed by atoms with van der Waals surface area (Å²) >= 11 is 0. The third-order valence-corrected chi connectivity index (χ3v) is 6.32. The molecule has 1 saturated heterocycles. The van der Waals surface area contributed by atoms with Crippen LogP contribution in [0.1, 0.15) is 49.5 Å². The monoisotopic (exact) mass is 476 g/mol. The van der Waals surface area contributed by atoms with E-state index in [0.717, 1.165) is 17.7 Å². The first-order chi connectivity index (χ1) is 16.9. The molecule has 3 aromatic carbocycles. The molecule has 2 aliphatic heterocycles. The standard InChI is InChI=1S/C27H22F2N2O4/c28-19-7-9-24(23(29)15-19)35-20-10-12-30(13-11-20)25(32)18-6-8-21-22(14-18)27(34)31(26(21)33)16-17-4-2-1-3-5-17/h1-9,14-15,20H,10-13,16H2. The molecule has 2 heterocycles. The first-order valence-electron chi connectivity index (χ1n) is 11.4. The van der Waals surface area contributed by atoms with Crippen LogP contribution in [0.3, 0.4) is 0 Å². The molecule has 1 fully saturated rings. The molecular formula is C27H22F2N2O4. The van der Waals surface area contributed by atoms with E-state index in [4.69, 9.17) is 4.74 Å². The molecule has 0 spiro atoms. The molecule has 8 heteroatoms. The molecule has 0 aromatic heterocycles. The average Bonchev–Trinajstić information content (AvgIpc) is 3.10. The lowest BCUT2D eigenvalue weighted by Gasteiger charge is -2.32. The van der Waals surface area contributed by atoms with Crippen LogP contribution in [0, 0.1) is 11.6 Å². The van der Waals surface area contributed by atoms with Crippen molar-refractivity contribution >= 4 is 17.7 Å². The number of carbonyl (C=O) groups is 3. The van der Waals surface area contributed by atoms with Gasteiger partial charge in [-0.25, -0.2) is 8.78 Å². The summed E-state index contributed by atoms with van der Waals surface area (Å²) in [7, 11) is 0. The molecule has 3 aromatic rings. The molecular weight excluding hydrogens is 454 g/mol. The summed E-state index contributed by atoms with van der Waals surface area (Å²) in [6.07, 6.45) is 0.663. The lowest BCUT2D eigenvalue weighted by atomic mass is 10.0. The average molecular weight is 476 g/mol. The number of hydrogen-bond acceptors (Lipinski definition) is 4. The van der Waals surface area contributed by atoms with Crippen LogP contribution in [0.15, 0.2) is 66.7 Å². The van der Waals surface area contributed by atoms with Gasteiger partial charge in [-0.15, -0.1) is 0 Å². The van der Waals surface area contributed by atoms with Crippen LogP contribution < -0.4 is 4.74 Å². The van der Waals surface area contributed by atoms with Gasteiger partial charge in [-0.3, -0.25) is 19.3 Å². The minimum Gasteiger partial charge on any atom is -0.487 e. The van der Waals surface area contributed by atoms with Crippen molar-refractivity contribution in [3.8, 4) is 5.75 Å². The predicted octanol–water partition coefficient (Wildman–Crippen LogP) is 4.44. The Labute approximate surface area is 200 Å². The van der Waals surface area contributed by atoms with Gasteiger partial charge >= 0.3 is 0 Å². The number of hydrogen-bond donors (Lipinski definition) is 0. The third-order valence-electron chi connectivity index (χ3n) is 6.32. The number of piperidine rings is 1. The Balaban J connectivity index is 1.24. The highest BCUT2D eigenvalue weighted by Gasteiger charge is 2.36. The van der Waals surface area contributed by atoms with Gasteiger partial charge in [0.05, 0.1) is 17.7 Å². The molecule has 178 valence electrons. The number of amides is 3. The predicted molar refractivity (Wildman–Crippen MR) is 123 cm³/mol. The molecule has 0 saturated carbocycles. The summed E-state index contributed by atoms with van der Waals surface area (Å²) in [5, 5.41) is 0. The highest BCUT2D eigenvalue weighted by molar-refractivity contribution is 6.22. The second-order valence-corrected chi connectivity index (χ2v) is 8.63. The summed E-state index contributed by atoms with van der Waals surface area (Å²) in [5.74, 6) is -2.50. The van der Waals surface area contributed by atoms with E-state index in [-0.39, 0.29) is 41.3 Å². The largest absolute Gasteiger partial charge is 0.487 e. The molecule has 35 heavy (non-hydrogen) atoms. The number of fused-ring (bicyclic) bond motifs is 1. The van der Waals surface area contributed by atoms with Crippen molar-refractivity contribution in [2.24, 2.45) is 0 Å². The van der Waals surface area contributed by atoms with Gasteiger partial charge in [0.2, 0.25) is 0 Å². The van der Waals surface area contributed by atoms with Crippen LogP contribution >= 0.6 is 0 Å². The lowest BCUT2D eigenvalue weighted by Crippen LogP contribution is -2.41. The Morgan fingerprint density at radius 1 is 0.886 bits per heavy atom. The second-order valence-electron chi connectivity index (χ2n) is 8.63. The van der Waals surface area contributed by atoms with Crippen LogP contribution in [-0.2, 0) is 6.54 Å². The van der Waals surface area contributed by atoms with Crippen molar-refractivity contribution < 1.29 is 27.9 Å². The van der Waals surface area contributed by atoms with E-state index in [0.29, 0.717) is 31.5 Å². The molecule has 0 bridgehead atoms. The molecule has 0 radical (unpaired) electrons. The summed E-state index contributed by atoms with van der Waals surface area (Å²) in [6, 6.07) is 17.0. The van der Waals surface area contributed by atoms with Gasteiger partial charge < -0.3 is 9.64 Å². The zero-order valence-electron chi connectivity index (χ0n) is 18.7. The first-order valence-corrected chi connectivity index (χ1v) is 11.4. The number of imide groups is 1. The zero-order chi connectivity index (χ0) is 24.5. The van der Waals surface area contributed by atoms with Crippen LogP contribution in [0.5, 0.6) is 5.75 Å². The Morgan fingerprint density at radius 3 is 2.31 bits per heavy atom. The van der Waals surface area contributed by atoms with Gasteiger partial charge in [0.25, 0.3) is 17.7 Å². The van der Waals surface area contributed by atoms with Gasteiger partial charge in [-0.1, -0.05) is 30.3 Å². The van der Waals surface area contributed by atoms with Crippen LogP contribution in [0.25, 0.3) is 0 Å². The van der Waals surface area contributed by atoms with E-state index in [1.54, 1.807) is 11.0 Å². The number of benzene rings is 3. The van der Waals surface area contributed by atoms with Gasteiger partial charge in [0, 0.05) is 37.6 Å². The lowest BCUT2D eigenvalue weighted by molar-refractivity contribution is 0.0587. The summed E-state index contributed by atoms with van der Waals surface area (Å²) in [6.45, 7) is 0.936. The highest BCUT2D eigenvalue weighted by atomic mass is 19.1. The molecule has 0 aliphatic carbocycles. The Kier molecular flexibility index (Phi) is 6.03. The van der Waals surface area contributed by atoms with E-state index < -0.39 is 17.5 Å². The maximum atomic E-state index is 13.9. The van der Waals surface area contributed by atoms with Crippen molar-refractivity contribution in [3.05, 3.63) is 101 Å². The Morgan fingerprint density at radius 2 is 1.60 bits per heavy atom. The second kappa shape index (κ2) is 9.29. The maximum Gasteiger partial charge on any atom is 0.261 e. The van der Waals surface area contributed by atoms with Crippen molar-refractivity contribution in [1.29, 1.82) is 0 Å². The molecule has 0 atom stereocenters. The van der Waals surface area contributed by atoms with E-state index in [2.05, 4.69) is 0 Å². The van der Waals surface area contributed by atoms with E-state index in [9.17, 15) is 23.2 Å². The van der Waals surface area contributed by atoms with Gasteiger partial charge in [0.1, 0.15) is 11.9 Å². The van der Waals surface area contributed by atoms with Gasteiger partial charge in [0.15, 0.2) is 11.6 Å². The normalized spacial score (nSPS) is 15.9. The van der Waals surface area contributed by atoms with Gasteiger partial charge in [-0.05, 0) is 35.9 Å². The zero-order valence-corrected chi connectivity index (χ0v) is 18.7. The van der Waals surface area contributed by atoms with Crippen molar-refractivity contribution in [2.45, 2.75) is 25.5 Å². The number of carbonyl (C=O) groups excluding carboxylic acids is 3. The maximum absolute atomic E-state index is 13.9. The smallest absolute Gasteiger partial charge is 0.261 e. The summed E-state index contributed by atoms with van der Waals surface area (Å²) in [4.78, 5) is 41.6. The fourth-order valence-corrected chi connectivity index (χ4v) is 4.44. The molecule has 3 amide bonds. The van der Waals surface area contributed by atoms with Crippen LogP contribution in [0.2, 0.25) is 0 Å². The van der Waals surface area contributed by atoms with Crippen LogP contribution in [0.4, 0.5) is 8.78 Å². The van der Waals surface area contributed by atoms with Crippen LogP contribution in [-0.4, -0.2) is 46.7 Å². The van der Waals surface area contributed by atoms with Crippen molar-refractivity contribution in [3.63, 3.8) is 0 Å². The fraction of sp³-hybridized carbons (Fsp3) is 0.222. The van der Waals surface area contributed by atoms with E-state index >= 15 is 0 Å².